The van der Waals surface area contributed by atoms with Crippen molar-refractivity contribution in [3.63, 3.8) is 0 Å². The Hall–Kier alpha value is -1.60. The number of guanidine groups is 1. The van der Waals surface area contributed by atoms with Crippen LogP contribution in [0.1, 0.15) is 37.7 Å². The van der Waals surface area contributed by atoms with Gasteiger partial charge in [0.15, 0.2) is 5.96 Å². The van der Waals surface area contributed by atoms with Crippen LogP contribution in [0.3, 0.4) is 0 Å². The molecule has 3 heterocycles. The van der Waals surface area contributed by atoms with Gasteiger partial charge in [-0.15, -0.1) is 0 Å². The van der Waals surface area contributed by atoms with E-state index in [1.165, 1.54) is 18.4 Å². The quantitative estimate of drug-likeness (QED) is 0.617. The van der Waals surface area contributed by atoms with Crippen molar-refractivity contribution in [1.82, 2.24) is 20.0 Å². The number of rotatable bonds is 6. The normalized spacial score (nSPS) is 22.6. The van der Waals surface area contributed by atoms with Crippen LogP contribution < -0.4 is 5.32 Å². The van der Waals surface area contributed by atoms with Crippen LogP contribution in [0.5, 0.6) is 0 Å². The molecule has 0 bridgehead atoms. The molecule has 1 N–H and O–H groups in total. The minimum absolute atomic E-state index is 0.308. The molecule has 7 nitrogen and oxygen atoms in total. The number of aryl methyl sites for hydroxylation is 1. The van der Waals surface area contributed by atoms with Gasteiger partial charge < -0.3 is 19.7 Å². The summed E-state index contributed by atoms with van der Waals surface area (Å²) in [6, 6.07) is 0. The maximum absolute atomic E-state index is 6.10. The molecular weight excluding hydrogens is 330 g/mol. The second-order valence-electron chi connectivity index (χ2n) is 7.26. The molecule has 1 aromatic heterocycles. The van der Waals surface area contributed by atoms with Gasteiger partial charge in [-0.25, -0.2) is 0 Å². The maximum Gasteiger partial charge on any atom is 0.193 e. The van der Waals surface area contributed by atoms with Crippen LogP contribution >= 0.6 is 0 Å². The second-order valence-corrected chi connectivity index (χ2v) is 7.26. The first-order valence-electron chi connectivity index (χ1n) is 9.92. The van der Waals surface area contributed by atoms with Crippen LogP contribution in [-0.2, 0) is 16.0 Å². The Morgan fingerprint density at radius 3 is 2.85 bits per heavy atom. The highest BCUT2D eigenvalue weighted by Gasteiger charge is 2.23. The average Bonchev–Trinajstić information content (AvgIpc) is 3.10. The molecule has 1 aromatic rings. The molecule has 26 heavy (non-hydrogen) atoms. The lowest BCUT2D eigenvalue weighted by Crippen LogP contribution is -2.47. The van der Waals surface area contributed by atoms with Gasteiger partial charge in [0.25, 0.3) is 0 Å². The number of piperidine rings is 1. The third-order valence-electron chi connectivity index (χ3n) is 5.13. The number of hydrogen-bond acceptors (Lipinski definition) is 4. The van der Waals surface area contributed by atoms with Crippen LogP contribution in [0.15, 0.2) is 17.4 Å². The fourth-order valence-corrected chi connectivity index (χ4v) is 3.62. The van der Waals surface area contributed by atoms with Crippen molar-refractivity contribution in [2.45, 2.75) is 57.8 Å². The lowest BCUT2D eigenvalue weighted by molar-refractivity contribution is -0.0721. The van der Waals surface area contributed by atoms with Gasteiger partial charge in [0.05, 0.1) is 31.6 Å². The molecule has 0 saturated carbocycles. The smallest absolute Gasteiger partial charge is 0.193 e. The summed E-state index contributed by atoms with van der Waals surface area (Å²) in [6.07, 6.45) is 10.3. The highest BCUT2D eigenvalue weighted by molar-refractivity contribution is 5.79. The Bertz CT molecular complexity index is 560. The number of aliphatic imine (C=N–C) groups is 1. The summed E-state index contributed by atoms with van der Waals surface area (Å²) in [4.78, 5) is 6.76. The molecule has 2 aliphatic heterocycles. The lowest BCUT2D eigenvalue weighted by atomic mass is 10.1. The van der Waals surface area contributed by atoms with E-state index in [1.54, 1.807) is 0 Å². The van der Waals surface area contributed by atoms with Crippen LogP contribution in [-0.4, -0.2) is 72.7 Å². The Morgan fingerprint density at radius 2 is 2.19 bits per heavy atom. The summed E-state index contributed by atoms with van der Waals surface area (Å²) in [5.74, 6) is 0.975. The highest BCUT2D eigenvalue weighted by atomic mass is 16.5. The SMILES string of the molecule is CN=C(NCCn1cc(C)cn1)N1CCC(OCC2CCCCO2)CC1. The molecule has 2 saturated heterocycles. The summed E-state index contributed by atoms with van der Waals surface area (Å²) < 4.78 is 13.8. The molecule has 0 amide bonds. The van der Waals surface area contributed by atoms with Gasteiger partial charge in [0.1, 0.15) is 0 Å². The largest absolute Gasteiger partial charge is 0.376 e. The third-order valence-corrected chi connectivity index (χ3v) is 5.13. The minimum Gasteiger partial charge on any atom is -0.376 e. The van der Waals surface area contributed by atoms with Gasteiger partial charge in [0, 0.05) is 39.5 Å². The van der Waals surface area contributed by atoms with Crippen molar-refractivity contribution in [1.29, 1.82) is 0 Å². The first kappa shape index (κ1) is 19.2. The molecule has 0 radical (unpaired) electrons. The van der Waals surface area contributed by atoms with E-state index in [0.717, 1.165) is 64.6 Å². The predicted molar refractivity (Wildman–Crippen MR) is 102 cm³/mol. The summed E-state index contributed by atoms with van der Waals surface area (Å²) >= 11 is 0. The summed E-state index contributed by atoms with van der Waals surface area (Å²) in [7, 11) is 1.85. The maximum atomic E-state index is 6.10. The number of aromatic nitrogens is 2. The first-order chi connectivity index (χ1) is 12.7. The van der Waals surface area contributed by atoms with Crippen LogP contribution in [0, 0.1) is 6.92 Å². The van der Waals surface area contributed by atoms with E-state index in [-0.39, 0.29) is 0 Å². The standard InChI is InChI=1S/C19H33N5O2/c1-16-13-22-24(14-16)11-8-21-19(20-2)23-9-6-17(7-10-23)26-15-18-5-3-4-12-25-18/h13-14,17-18H,3-12,15H2,1-2H3,(H,20,21). The zero-order valence-electron chi connectivity index (χ0n) is 16.2. The molecule has 1 unspecified atom stereocenters. The van der Waals surface area contributed by atoms with E-state index < -0.39 is 0 Å². The Morgan fingerprint density at radius 1 is 1.35 bits per heavy atom. The predicted octanol–water partition coefficient (Wildman–Crippen LogP) is 1.82. The van der Waals surface area contributed by atoms with Crippen molar-refractivity contribution in [2.24, 2.45) is 4.99 Å². The van der Waals surface area contributed by atoms with Gasteiger partial charge in [-0.3, -0.25) is 9.67 Å². The van der Waals surface area contributed by atoms with E-state index in [9.17, 15) is 0 Å². The molecule has 2 fully saturated rings. The zero-order valence-corrected chi connectivity index (χ0v) is 16.2. The summed E-state index contributed by atoms with van der Waals surface area (Å²) in [5.41, 5.74) is 1.19. The summed E-state index contributed by atoms with van der Waals surface area (Å²) in [6.45, 7) is 7.33. The van der Waals surface area contributed by atoms with Crippen molar-refractivity contribution >= 4 is 5.96 Å². The molecular formula is C19H33N5O2. The van der Waals surface area contributed by atoms with E-state index in [2.05, 4.69) is 33.4 Å². The van der Waals surface area contributed by atoms with E-state index in [4.69, 9.17) is 9.47 Å². The molecule has 0 aliphatic carbocycles. The van der Waals surface area contributed by atoms with Gasteiger partial charge in [-0.1, -0.05) is 0 Å². The van der Waals surface area contributed by atoms with Crippen LogP contribution in [0.25, 0.3) is 0 Å². The number of nitrogens with zero attached hydrogens (tertiary/aromatic N) is 4. The first-order valence-corrected chi connectivity index (χ1v) is 9.92. The number of ether oxygens (including phenoxy) is 2. The Kier molecular flexibility index (Phi) is 7.32. The molecule has 1 atom stereocenters. The molecule has 7 heteroatoms. The van der Waals surface area contributed by atoms with Gasteiger partial charge in [-0.2, -0.15) is 5.10 Å². The highest BCUT2D eigenvalue weighted by Crippen LogP contribution is 2.17. The van der Waals surface area contributed by atoms with Crippen LogP contribution in [0.4, 0.5) is 0 Å². The molecule has 0 spiro atoms. The zero-order chi connectivity index (χ0) is 18.2. The van der Waals surface area contributed by atoms with E-state index >= 15 is 0 Å². The van der Waals surface area contributed by atoms with Gasteiger partial charge in [-0.05, 0) is 44.6 Å². The van der Waals surface area contributed by atoms with Gasteiger partial charge >= 0.3 is 0 Å². The second kappa shape index (κ2) is 9.92. The number of nitrogens with one attached hydrogen (secondary N) is 1. The van der Waals surface area contributed by atoms with E-state index in [0.29, 0.717) is 12.2 Å². The molecule has 0 aromatic carbocycles. The van der Waals surface area contributed by atoms with E-state index in [1.807, 2.05) is 17.9 Å². The Labute approximate surface area is 156 Å². The summed E-state index contributed by atoms with van der Waals surface area (Å²) in [5, 5.41) is 7.77. The van der Waals surface area contributed by atoms with Crippen molar-refractivity contribution in [3.05, 3.63) is 18.0 Å². The lowest BCUT2D eigenvalue weighted by Gasteiger charge is -2.35. The van der Waals surface area contributed by atoms with Crippen molar-refractivity contribution < 1.29 is 9.47 Å². The third kappa shape index (κ3) is 5.71. The molecule has 146 valence electrons. The average molecular weight is 364 g/mol. The van der Waals surface area contributed by atoms with Crippen molar-refractivity contribution in [3.8, 4) is 0 Å². The fourth-order valence-electron chi connectivity index (χ4n) is 3.62. The van der Waals surface area contributed by atoms with Crippen LogP contribution in [0.2, 0.25) is 0 Å². The molecule has 2 aliphatic rings. The number of hydrogen-bond donors (Lipinski definition) is 1. The fraction of sp³-hybridized carbons (Fsp3) is 0.789. The minimum atomic E-state index is 0.308. The number of likely N-dealkylation sites (tertiary alicyclic amines) is 1. The van der Waals surface area contributed by atoms with Gasteiger partial charge in [0.2, 0.25) is 0 Å². The molecule has 3 rings (SSSR count). The Balaban J connectivity index is 1.34. The topological polar surface area (TPSA) is 63.9 Å². The monoisotopic (exact) mass is 363 g/mol. The van der Waals surface area contributed by atoms with Crippen molar-refractivity contribution in [2.75, 3.05) is 39.9 Å².